The molecule has 0 aliphatic carbocycles. The van der Waals surface area contributed by atoms with Crippen molar-refractivity contribution in [3.63, 3.8) is 0 Å². The van der Waals surface area contributed by atoms with Crippen molar-refractivity contribution in [2.75, 3.05) is 6.61 Å². The third-order valence-corrected chi connectivity index (χ3v) is 3.77. The molecule has 86 valence electrons. The van der Waals surface area contributed by atoms with Gasteiger partial charge in [-0.15, -0.1) is 0 Å². The maximum Gasteiger partial charge on any atom is 0.169 e. The quantitative estimate of drug-likeness (QED) is 0.794. The predicted molar refractivity (Wildman–Crippen MR) is 66.6 cm³/mol. The molecule has 1 fully saturated rings. The molecule has 0 unspecified atom stereocenters. The highest BCUT2D eigenvalue weighted by Crippen LogP contribution is 2.26. The van der Waals surface area contributed by atoms with Gasteiger partial charge >= 0.3 is 0 Å². The number of carbonyl (C=O) groups excluding carboxylic acids is 1. The average Bonchev–Trinajstić information content (AvgIpc) is 2.81. The number of benzene rings is 1. The lowest BCUT2D eigenvalue weighted by molar-refractivity contribution is 0.0552. The molecule has 1 aromatic rings. The molecule has 1 aromatic carbocycles. The Hall–Kier alpha value is -0.670. The molecule has 0 spiro atoms. The van der Waals surface area contributed by atoms with Crippen LogP contribution in [0.3, 0.4) is 0 Å². The first kappa shape index (κ1) is 11.8. The smallest absolute Gasteiger partial charge is 0.169 e. The van der Waals surface area contributed by atoms with Crippen LogP contribution in [0.5, 0.6) is 0 Å². The highest BCUT2D eigenvalue weighted by atomic mass is 79.9. The van der Waals surface area contributed by atoms with Gasteiger partial charge in [0.15, 0.2) is 5.78 Å². The maximum absolute atomic E-state index is 12.2. The van der Waals surface area contributed by atoms with Crippen molar-refractivity contribution in [3.8, 4) is 0 Å². The van der Waals surface area contributed by atoms with Crippen LogP contribution in [0.15, 0.2) is 28.7 Å². The third-order valence-electron chi connectivity index (χ3n) is 3.08. The van der Waals surface area contributed by atoms with Crippen molar-refractivity contribution in [1.82, 2.24) is 0 Å². The summed E-state index contributed by atoms with van der Waals surface area (Å²) in [6.07, 6.45) is 2.16. The Morgan fingerprint density at radius 3 is 2.88 bits per heavy atom. The molecule has 2 rings (SSSR count). The number of Topliss-reactive ketones (excluding diaryl/α,β-unsaturated/α-hetero) is 1. The van der Waals surface area contributed by atoms with E-state index in [-0.39, 0.29) is 17.8 Å². The van der Waals surface area contributed by atoms with Crippen molar-refractivity contribution in [2.45, 2.75) is 25.9 Å². The molecule has 16 heavy (non-hydrogen) atoms. The van der Waals surface area contributed by atoms with E-state index in [1.54, 1.807) is 0 Å². The number of rotatable bonds is 3. The number of ketones is 1. The molecule has 0 N–H and O–H groups in total. The molecule has 0 radical (unpaired) electrons. The molecule has 0 amide bonds. The number of ether oxygens (including phenoxy) is 1. The van der Waals surface area contributed by atoms with Gasteiger partial charge in [0.05, 0.1) is 6.10 Å². The Kier molecular flexibility index (Phi) is 3.77. The van der Waals surface area contributed by atoms with Gasteiger partial charge in [-0.25, -0.2) is 0 Å². The Bertz CT molecular complexity index is 383. The summed E-state index contributed by atoms with van der Waals surface area (Å²) in [5, 5.41) is 0. The van der Waals surface area contributed by atoms with Crippen molar-refractivity contribution in [2.24, 2.45) is 5.92 Å². The fourth-order valence-corrected chi connectivity index (χ4v) is 2.55. The highest BCUT2D eigenvalue weighted by Gasteiger charge is 2.29. The van der Waals surface area contributed by atoms with Gasteiger partial charge in [-0.05, 0) is 18.9 Å². The fraction of sp³-hybridized carbons (Fsp3) is 0.462. The first-order valence-electron chi connectivity index (χ1n) is 5.60. The monoisotopic (exact) mass is 282 g/mol. The topological polar surface area (TPSA) is 26.3 Å². The second kappa shape index (κ2) is 5.11. The van der Waals surface area contributed by atoms with Crippen molar-refractivity contribution >= 4 is 21.7 Å². The first-order valence-corrected chi connectivity index (χ1v) is 6.40. The minimum absolute atomic E-state index is 0.0544. The zero-order chi connectivity index (χ0) is 11.5. The minimum atomic E-state index is -0.0544. The van der Waals surface area contributed by atoms with Gasteiger partial charge < -0.3 is 4.74 Å². The number of hydrogen-bond acceptors (Lipinski definition) is 2. The van der Waals surface area contributed by atoms with Gasteiger partial charge in [-0.1, -0.05) is 41.1 Å². The number of hydrogen-bond donors (Lipinski definition) is 0. The number of carbonyl (C=O) groups is 1. The van der Waals surface area contributed by atoms with E-state index in [2.05, 4.69) is 15.9 Å². The molecule has 1 aliphatic rings. The van der Waals surface area contributed by atoms with E-state index in [1.165, 1.54) is 0 Å². The molecular weight excluding hydrogens is 268 g/mol. The van der Waals surface area contributed by atoms with E-state index < -0.39 is 0 Å². The van der Waals surface area contributed by atoms with E-state index in [9.17, 15) is 4.79 Å². The maximum atomic E-state index is 12.2. The van der Waals surface area contributed by atoms with Gasteiger partial charge in [0.2, 0.25) is 0 Å². The predicted octanol–water partition coefficient (Wildman–Crippen LogP) is 3.45. The van der Waals surface area contributed by atoms with Crippen LogP contribution in [-0.2, 0) is 4.74 Å². The van der Waals surface area contributed by atoms with E-state index >= 15 is 0 Å². The second-order valence-electron chi connectivity index (χ2n) is 4.18. The van der Waals surface area contributed by atoms with Crippen LogP contribution in [0.2, 0.25) is 0 Å². The summed E-state index contributed by atoms with van der Waals surface area (Å²) in [5.74, 6) is 0.112. The molecule has 2 atom stereocenters. The summed E-state index contributed by atoms with van der Waals surface area (Å²) in [7, 11) is 0. The highest BCUT2D eigenvalue weighted by molar-refractivity contribution is 9.10. The zero-order valence-corrected chi connectivity index (χ0v) is 10.9. The SMILES string of the molecule is C[C@@H](C(=O)c1ccccc1Br)[C@H]1CCCO1. The lowest BCUT2D eigenvalue weighted by Crippen LogP contribution is -2.25. The van der Waals surface area contributed by atoms with Gasteiger partial charge in [-0.3, -0.25) is 4.79 Å². The van der Waals surface area contributed by atoms with E-state index in [4.69, 9.17) is 4.74 Å². The molecular formula is C13H15BrO2. The fourth-order valence-electron chi connectivity index (χ4n) is 2.07. The average molecular weight is 283 g/mol. The molecule has 1 saturated heterocycles. The number of halogens is 1. The first-order chi connectivity index (χ1) is 7.70. The van der Waals surface area contributed by atoms with Gasteiger partial charge in [0.25, 0.3) is 0 Å². The van der Waals surface area contributed by atoms with Crippen LogP contribution in [0, 0.1) is 5.92 Å². The van der Waals surface area contributed by atoms with E-state index in [0.717, 1.165) is 29.5 Å². The van der Waals surface area contributed by atoms with Crippen LogP contribution in [0.25, 0.3) is 0 Å². The van der Waals surface area contributed by atoms with Crippen molar-refractivity contribution < 1.29 is 9.53 Å². The van der Waals surface area contributed by atoms with E-state index in [0.29, 0.717) is 0 Å². The molecule has 1 heterocycles. The largest absolute Gasteiger partial charge is 0.377 e. The van der Waals surface area contributed by atoms with Crippen LogP contribution in [0.1, 0.15) is 30.1 Å². The normalized spacial score (nSPS) is 22.0. The Balaban J connectivity index is 2.15. The molecule has 2 nitrogen and oxygen atoms in total. The standard InChI is InChI=1S/C13H15BrO2/c1-9(12-7-4-8-16-12)13(15)10-5-2-3-6-11(10)14/h2-3,5-6,9,12H,4,7-8H2,1H3/t9-,12-/m1/s1. The summed E-state index contributed by atoms with van der Waals surface area (Å²) in [4.78, 5) is 12.2. The van der Waals surface area contributed by atoms with Gasteiger partial charge in [0.1, 0.15) is 0 Å². The van der Waals surface area contributed by atoms with Crippen molar-refractivity contribution in [3.05, 3.63) is 34.3 Å². The summed E-state index contributed by atoms with van der Waals surface area (Å²) in [6.45, 7) is 2.75. The van der Waals surface area contributed by atoms with Gasteiger partial charge in [-0.2, -0.15) is 0 Å². The minimum Gasteiger partial charge on any atom is -0.377 e. The lowest BCUT2D eigenvalue weighted by atomic mass is 9.93. The summed E-state index contributed by atoms with van der Waals surface area (Å²) in [6, 6.07) is 7.56. The second-order valence-corrected chi connectivity index (χ2v) is 5.04. The summed E-state index contributed by atoms with van der Waals surface area (Å²) < 4.78 is 6.43. The Morgan fingerprint density at radius 1 is 1.50 bits per heavy atom. The lowest BCUT2D eigenvalue weighted by Gasteiger charge is -2.17. The molecule has 0 bridgehead atoms. The Labute approximate surface area is 104 Å². The Morgan fingerprint density at radius 2 is 2.25 bits per heavy atom. The van der Waals surface area contributed by atoms with Gasteiger partial charge in [0, 0.05) is 22.6 Å². The molecule has 0 aromatic heterocycles. The molecule has 1 aliphatic heterocycles. The summed E-state index contributed by atoms with van der Waals surface area (Å²) >= 11 is 3.41. The van der Waals surface area contributed by atoms with Crippen LogP contribution >= 0.6 is 15.9 Å². The molecule has 0 saturated carbocycles. The van der Waals surface area contributed by atoms with Crippen LogP contribution in [0.4, 0.5) is 0 Å². The zero-order valence-electron chi connectivity index (χ0n) is 9.28. The summed E-state index contributed by atoms with van der Waals surface area (Å²) in [5.41, 5.74) is 0.755. The van der Waals surface area contributed by atoms with E-state index in [1.807, 2.05) is 31.2 Å². The van der Waals surface area contributed by atoms with Crippen LogP contribution in [-0.4, -0.2) is 18.5 Å². The van der Waals surface area contributed by atoms with Crippen molar-refractivity contribution in [1.29, 1.82) is 0 Å². The van der Waals surface area contributed by atoms with Crippen LogP contribution < -0.4 is 0 Å². The third kappa shape index (κ3) is 2.36. The molecule has 3 heteroatoms.